The summed E-state index contributed by atoms with van der Waals surface area (Å²) in [6.45, 7) is 4.07. The third-order valence-corrected chi connectivity index (χ3v) is 5.64. The number of fused-ring (bicyclic) bond motifs is 1. The average molecular weight is 428 g/mol. The minimum absolute atomic E-state index is 0.212. The number of hydrogen-bond acceptors (Lipinski definition) is 3. The van der Waals surface area contributed by atoms with Crippen LogP contribution in [0.5, 0.6) is 0 Å². The Hall–Kier alpha value is -3.93. The molecule has 0 aliphatic carbocycles. The molecule has 0 radical (unpaired) electrons. The van der Waals surface area contributed by atoms with E-state index in [0.29, 0.717) is 5.56 Å². The number of hydrogen-bond donors (Lipinski definition) is 2. The second-order valence-corrected chi connectivity index (χ2v) is 7.83. The smallest absolute Gasteiger partial charge is 0.336 e. The van der Waals surface area contributed by atoms with E-state index in [1.54, 1.807) is 30.3 Å². The first-order valence-electron chi connectivity index (χ1n) is 10.6. The van der Waals surface area contributed by atoms with Crippen molar-refractivity contribution in [2.45, 2.75) is 33.1 Å². The molecule has 1 heterocycles. The molecule has 0 amide bonds. The molecular formula is C26H24N2O4. The molecule has 162 valence electrons. The topological polar surface area (TPSA) is 92.4 Å². The maximum absolute atomic E-state index is 11.7. The molecule has 0 spiro atoms. The van der Waals surface area contributed by atoms with Crippen LogP contribution in [0.25, 0.3) is 27.8 Å². The van der Waals surface area contributed by atoms with Gasteiger partial charge in [-0.05, 0) is 66.4 Å². The summed E-state index contributed by atoms with van der Waals surface area (Å²) in [5.74, 6) is -1.07. The Morgan fingerprint density at radius 1 is 0.938 bits per heavy atom. The summed E-state index contributed by atoms with van der Waals surface area (Å²) in [5, 5.41) is 19.0. The van der Waals surface area contributed by atoms with Crippen LogP contribution < -0.4 is 0 Å². The molecule has 0 aliphatic rings. The lowest BCUT2D eigenvalue weighted by molar-refractivity contribution is 0.0686. The van der Waals surface area contributed by atoms with Crippen LogP contribution in [0, 0.1) is 6.92 Å². The number of aromatic nitrogens is 2. The van der Waals surface area contributed by atoms with Crippen LogP contribution in [0.3, 0.4) is 0 Å². The van der Waals surface area contributed by atoms with Gasteiger partial charge in [0.25, 0.3) is 0 Å². The first-order valence-corrected chi connectivity index (χ1v) is 10.6. The third kappa shape index (κ3) is 3.87. The van der Waals surface area contributed by atoms with Crippen molar-refractivity contribution in [3.63, 3.8) is 0 Å². The van der Waals surface area contributed by atoms with Crippen molar-refractivity contribution >= 4 is 23.0 Å². The predicted molar refractivity (Wildman–Crippen MR) is 124 cm³/mol. The Labute approximate surface area is 185 Å². The lowest BCUT2D eigenvalue weighted by Crippen LogP contribution is -2.04. The zero-order chi connectivity index (χ0) is 22.8. The van der Waals surface area contributed by atoms with Gasteiger partial charge in [0.2, 0.25) is 0 Å². The highest BCUT2D eigenvalue weighted by atomic mass is 16.4. The quantitative estimate of drug-likeness (QED) is 0.392. The minimum atomic E-state index is -0.980. The lowest BCUT2D eigenvalue weighted by atomic mass is 9.95. The van der Waals surface area contributed by atoms with Gasteiger partial charge in [0.15, 0.2) is 0 Å². The van der Waals surface area contributed by atoms with E-state index in [4.69, 9.17) is 4.98 Å². The molecule has 32 heavy (non-hydrogen) atoms. The minimum Gasteiger partial charge on any atom is -0.478 e. The van der Waals surface area contributed by atoms with Gasteiger partial charge in [-0.15, -0.1) is 0 Å². The Balaban J connectivity index is 1.89. The molecule has 4 aromatic rings. The SMILES string of the molecule is CCCCc1nc2ccc(C(=O)O)cc2n1-c1ccc(-c2ccccc2C(=O)O)c(C)c1. The molecule has 1 aromatic heterocycles. The van der Waals surface area contributed by atoms with E-state index in [1.807, 2.05) is 41.8 Å². The van der Waals surface area contributed by atoms with Gasteiger partial charge in [-0.25, -0.2) is 14.6 Å². The zero-order valence-corrected chi connectivity index (χ0v) is 18.0. The summed E-state index contributed by atoms with van der Waals surface area (Å²) in [4.78, 5) is 28.0. The Morgan fingerprint density at radius 3 is 2.41 bits per heavy atom. The summed E-state index contributed by atoms with van der Waals surface area (Å²) in [5.41, 5.74) is 5.27. The molecule has 6 heteroatoms. The number of imidazole rings is 1. The van der Waals surface area contributed by atoms with Crippen LogP contribution in [-0.4, -0.2) is 31.7 Å². The van der Waals surface area contributed by atoms with Crippen LogP contribution in [0.1, 0.15) is 51.9 Å². The standard InChI is InChI=1S/C26H24N2O4/c1-3-4-9-24-27-22-13-10-17(25(29)30)15-23(22)28(24)18-11-12-19(16(2)14-18)20-7-5-6-8-21(20)26(31)32/h5-8,10-15H,3-4,9H2,1-2H3,(H,29,30)(H,31,32). The fourth-order valence-corrected chi connectivity index (χ4v) is 4.04. The molecule has 0 fully saturated rings. The van der Waals surface area contributed by atoms with Crippen molar-refractivity contribution in [2.24, 2.45) is 0 Å². The summed E-state index contributed by atoms with van der Waals surface area (Å²) in [6, 6.07) is 17.8. The molecule has 0 bridgehead atoms. The van der Waals surface area contributed by atoms with E-state index in [-0.39, 0.29) is 11.1 Å². The number of aromatic carboxylic acids is 2. The van der Waals surface area contributed by atoms with Crippen LogP contribution in [-0.2, 0) is 6.42 Å². The fraction of sp³-hybridized carbons (Fsp3) is 0.192. The molecule has 4 rings (SSSR count). The summed E-state index contributed by atoms with van der Waals surface area (Å²) >= 11 is 0. The van der Waals surface area contributed by atoms with Crippen LogP contribution in [0.15, 0.2) is 60.7 Å². The first kappa shape index (κ1) is 21.3. The van der Waals surface area contributed by atoms with Crippen LogP contribution >= 0.6 is 0 Å². The van der Waals surface area contributed by atoms with Gasteiger partial charge < -0.3 is 10.2 Å². The molecule has 0 saturated heterocycles. The molecular weight excluding hydrogens is 404 g/mol. The molecule has 0 unspecified atom stereocenters. The predicted octanol–water partition coefficient (Wildman–Crippen LogP) is 5.74. The summed E-state index contributed by atoms with van der Waals surface area (Å²) in [6.07, 6.45) is 2.77. The normalized spacial score (nSPS) is 11.1. The highest BCUT2D eigenvalue weighted by molar-refractivity contribution is 5.96. The van der Waals surface area contributed by atoms with E-state index < -0.39 is 11.9 Å². The van der Waals surface area contributed by atoms with Crippen molar-refractivity contribution in [3.05, 3.63) is 83.2 Å². The number of carbonyl (C=O) groups is 2. The molecule has 0 atom stereocenters. The van der Waals surface area contributed by atoms with Crippen molar-refractivity contribution in [1.82, 2.24) is 9.55 Å². The number of carboxylic acid groups (broad SMARTS) is 2. The van der Waals surface area contributed by atoms with Gasteiger partial charge in [-0.3, -0.25) is 4.57 Å². The Kier molecular flexibility index (Phi) is 5.77. The van der Waals surface area contributed by atoms with Gasteiger partial charge in [0.1, 0.15) is 5.82 Å². The number of rotatable bonds is 7. The van der Waals surface area contributed by atoms with Crippen LogP contribution in [0.4, 0.5) is 0 Å². The van der Waals surface area contributed by atoms with E-state index >= 15 is 0 Å². The third-order valence-electron chi connectivity index (χ3n) is 5.64. The first-order chi connectivity index (χ1) is 15.4. The van der Waals surface area contributed by atoms with E-state index in [0.717, 1.165) is 52.9 Å². The molecule has 3 aromatic carbocycles. The number of benzene rings is 3. The Bertz CT molecular complexity index is 1340. The number of unbranched alkanes of at least 4 members (excludes halogenated alkanes) is 1. The van der Waals surface area contributed by atoms with Gasteiger partial charge in [0, 0.05) is 12.1 Å². The van der Waals surface area contributed by atoms with Gasteiger partial charge in [0.05, 0.1) is 22.2 Å². The summed E-state index contributed by atoms with van der Waals surface area (Å²) < 4.78 is 2.01. The molecule has 0 aliphatic heterocycles. The lowest BCUT2D eigenvalue weighted by Gasteiger charge is -2.14. The molecule has 6 nitrogen and oxygen atoms in total. The second-order valence-electron chi connectivity index (χ2n) is 7.83. The largest absolute Gasteiger partial charge is 0.478 e. The van der Waals surface area contributed by atoms with Gasteiger partial charge in [-0.1, -0.05) is 37.6 Å². The van der Waals surface area contributed by atoms with Crippen molar-refractivity contribution in [1.29, 1.82) is 0 Å². The zero-order valence-electron chi connectivity index (χ0n) is 18.0. The van der Waals surface area contributed by atoms with Crippen LogP contribution in [0.2, 0.25) is 0 Å². The van der Waals surface area contributed by atoms with E-state index in [2.05, 4.69) is 6.92 Å². The maximum atomic E-state index is 11.7. The number of carboxylic acids is 2. The highest BCUT2D eigenvalue weighted by Crippen LogP contribution is 2.31. The highest BCUT2D eigenvalue weighted by Gasteiger charge is 2.17. The van der Waals surface area contributed by atoms with E-state index in [9.17, 15) is 19.8 Å². The number of nitrogens with zero attached hydrogens (tertiary/aromatic N) is 2. The van der Waals surface area contributed by atoms with Crippen molar-refractivity contribution in [3.8, 4) is 16.8 Å². The monoisotopic (exact) mass is 428 g/mol. The Morgan fingerprint density at radius 2 is 1.72 bits per heavy atom. The average Bonchev–Trinajstić information content (AvgIpc) is 3.15. The van der Waals surface area contributed by atoms with Gasteiger partial charge >= 0.3 is 11.9 Å². The van der Waals surface area contributed by atoms with Crippen molar-refractivity contribution < 1.29 is 19.8 Å². The fourth-order valence-electron chi connectivity index (χ4n) is 4.04. The molecule has 2 N–H and O–H groups in total. The second kappa shape index (κ2) is 8.67. The van der Waals surface area contributed by atoms with E-state index in [1.165, 1.54) is 0 Å². The van der Waals surface area contributed by atoms with Gasteiger partial charge in [-0.2, -0.15) is 0 Å². The summed E-state index contributed by atoms with van der Waals surface area (Å²) in [7, 11) is 0. The number of aryl methyl sites for hydroxylation is 2. The molecule has 0 saturated carbocycles. The maximum Gasteiger partial charge on any atom is 0.336 e. The van der Waals surface area contributed by atoms with Crippen molar-refractivity contribution in [2.75, 3.05) is 0 Å².